The van der Waals surface area contributed by atoms with Crippen molar-refractivity contribution in [3.8, 4) is 0 Å². The van der Waals surface area contributed by atoms with Crippen LogP contribution >= 0.6 is 0 Å². The number of hydrogen-bond acceptors (Lipinski definition) is 3. The molecule has 1 amide bonds. The molecule has 0 spiro atoms. The lowest BCUT2D eigenvalue weighted by atomic mass is 10.1. The van der Waals surface area contributed by atoms with Gasteiger partial charge in [-0.25, -0.2) is 0 Å². The molecule has 2 aliphatic rings. The van der Waals surface area contributed by atoms with E-state index in [9.17, 15) is 4.79 Å². The fourth-order valence-corrected chi connectivity index (χ4v) is 2.78. The van der Waals surface area contributed by atoms with Gasteiger partial charge in [0, 0.05) is 38.1 Å². The van der Waals surface area contributed by atoms with Crippen LogP contribution in [0.3, 0.4) is 0 Å². The van der Waals surface area contributed by atoms with Crippen LogP contribution in [-0.2, 0) is 4.79 Å². The lowest BCUT2D eigenvalue weighted by molar-refractivity contribution is -0.121. The highest BCUT2D eigenvalue weighted by Gasteiger charge is 2.24. The third-order valence-electron chi connectivity index (χ3n) is 3.86. The summed E-state index contributed by atoms with van der Waals surface area (Å²) in [7, 11) is 0. The maximum absolute atomic E-state index is 11.8. The van der Waals surface area contributed by atoms with Gasteiger partial charge < -0.3 is 15.5 Å². The molecule has 1 aliphatic carbocycles. The van der Waals surface area contributed by atoms with Gasteiger partial charge in [-0.1, -0.05) is 13.8 Å². The number of amides is 1. The second kappa shape index (κ2) is 7.25. The van der Waals surface area contributed by atoms with Gasteiger partial charge in [0.15, 0.2) is 0 Å². The first-order valence-corrected chi connectivity index (χ1v) is 7.88. The van der Waals surface area contributed by atoms with Crippen molar-refractivity contribution in [2.75, 3.05) is 26.2 Å². The van der Waals surface area contributed by atoms with E-state index >= 15 is 0 Å². The first-order valence-electron chi connectivity index (χ1n) is 7.88. The van der Waals surface area contributed by atoms with Crippen LogP contribution in [0.15, 0.2) is 0 Å². The lowest BCUT2D eigenvalue weighted by Crippen LogP contribution is -2.41. The van der Waals surface area contributed by atoms with Gasteiger partial charge in [0.2, 0.25) is 5.91 Å². The van der Waals surface area contributed by atoms with E-state index in [-0.39, 0.29) is 5.91 Å². The van der Waals surface area contributed by atoms with Crippen molar-refractivity contribution in [2.45, 2.75) is 58.0 Å². The number of rotatable bonds is 8. The van der Waals surface area contributed by atoms with Crippen LogP contribution in [0, 0.1) is 5.92 Å². The highest BCUT2D eigenvalue weighted by Crippen LogP contribution is 2.18. The zero-order valence-corrected chi connectivity index (χ0v) is 12.5. The summed E-state index contributed by atoms with van der Waals surface area (Å²) in [4.78, 5) is 14.2. The van der Waals surface area contributed by atoms with E-state index in [4.69, 9.17) is 0 Å². The molecular weight excluding hydrogens is 238 g/mol. The van der Waals surface area contributed by atoms with Crippen LogP contribution in [-0.4, -0.2) is 49.1 Å². The third kappa shape index (κ3) is 5.91. The minimum atomic E-state index is 0.232. The summed E-state index contributed by atoms with van der Waals surface area (Å²) in [5.74, 6) is 0.892. The molecule has 4 heteroatoms. The third-order valence-corrected chi connectivity index (χ3v) is 3.86. The van der Waals surface area contributed by atoms with Gasteiger partial charge in [0.05, 0.1) is 0 Å². The minimum Gasteiger partial charge on any atom is -0.353 e. The number of hydrogen-bond donors (Lipinski definition) is 2. The Kier molecular flexibility index (Phi) is 5.64. The number of carbonyl (C=O) groups is 1. The van der Waals surface area contributed by atoms with Gasteiger partial charge in [-0.05, 0) is 38.1 Å². The first kappa shape index (κ1) is 14.8. The smallest absolute Gasteiger partial charge is 0.221 e. The Bertz CT molecular complexity index is 283. The van der Waals surface area contributed by atoms with E-state index in [1.54, 1.807) is 0 Å². The Morgan fingerprint density at radius 2 is 2.16 bits per heavy atom. The molecule has 1 saturated heterocycles. The topological polar surface area (TPSA) is 44.4 Å². The molecule has 4 nitrogen and oxygen atoms in total. The highest BCUT2D eigenvalue weighted by atomic mass is 16.1. The molecule has 0 aromatic heterocycles. The molecule has 1 aliphatic heterocycles. The van der Waals surface area contributed by atoms with Crippen LogP contribution in [0.5, 0.6) is 0 Å². The summed E-state index contributed by atoms with van der Waals surface area (Å²) >= 11 is 0. The van der Waals surface area contributed by atoms with Gasteiger partial charge in [0.25, 0.3) is 0 Å². The summed E-state index contributed by atoms with van der Waals surface area (Å²) in [6.07, 6.45) is 5.57. The first-order chi connectivity index (χ1) is 9.13. The summed E-state index contributed by atoms with van der Waals surface area (Å²) in [5, 5.41) is 6.62. The Labute approximate surface area is 117 Å². The van der Waals surface area contributed by atoms with Crippen molar-refractivity contribution in [1.82, 2.24) is 15.5 Å². The van der Waals surface area contributed by atoms with Gasteiger partial charge >= 0.3 is 0 Å². The van der Waals surface area contributed by atoms with E-state index in [0.717, 1.165) is 26.2 Å². The van der Waals surface area contributed by atoms with Crippen LogP contribution in [0.1, 0.15) is 46.0 Å². The molecule has 2 fully saturated rings. The van der Waals surface area contributed by atoms with Gasteiger partial charge in [0.1, 0.15) is 0 Å². The van der Waals surface area contributed by atoms with Crippen LogP contribution in [0.4, 0.5) is 0 Å². The number of nitrogens with one attached hydrogen (secondary N) is 2. The van der Waals surface area contributed by atoms with Gasteiger partial charge in [-0.3, -0.25) is 4.79 Å². The molecule has 2 rings (SSSR count). The normalized spacial score (nSPS) is 23.3. The highest BCUT2D eigenvalue weighted by molar-refractivity contribution is 5.76. The minimum absolute atomic E-state index is 0.232. The molecule has 0 aromatic rings. The van der Waals surface area contributed by atoms with E-state index < -0.39 is 0 Å². The largest absolute Gasteiger partial charge is 0.353 e. The summed E-state index contributed by atoms with van der Waals surface area (Å²) < 4.78 is 0. The molecule has 1 atom stereocenters. The molecule has 1 unspecified atom stereocenters. The second-order valence-corrected chi connectivity index (χ2v) is 6.54. The molecule has 1 heterocycles. The number of carbonyl (C=O) groups excluding carboxylic acids is 1. The Morgan fingerprint density at radius 3 is 2.74 bits per heavy atom. The summed E-state index contributed by atoms with van der Waals surface area (Å²) in [5.41, 5.74) is 0. The SMILES string of the molecule is CC(C)CN(CCC(=O)NC1CC1)CC1CCCN1. The monoisotopic (exact) mass is 267 g/mol. The van der Waals surface area contributed by atoms with Crippen molar-refractivity contribution < 1.29 is 4.79 Å². The van der Waals surface area contributed by atoms with Crippen LogP contribution in [0.25, 0.3) is 0 Å². The van der Waals surface area contributed by atoms with E-state index in [1.807, 2.05) is 0 Å². The zero-order valence-electron chi connectivity index (χ0n) is 12.5. The van der Waals surface area contributed by atoms with Gasteiger partial charge in [-0.2, -0.15) is 0 Å². The summed E-state index contributed by atoms with van der Waals surface area (Å²) in [6, 6.07) is 1.12. The predicted octanol–water partition coefficient (Wildman–Crippen LogP) is 1.37. The molecule has 0 radical (unpaired) electrons. The zero-order chi connectivity index (χ0) is 13.7. The maximum atomic E-state index is 11.8. The van der Waals surface area contributed by atoms with Crippen LogP contribution < -0.4 is 10.6 Å². The van der Waals surface area contributed by atoms with Crippen molar-refractivity contribution in [1.29, 1.82) is 0 Å². The van der Waals surface area contributed by atoms with E-state index in [1.165, 1.54) is 25.7 Å². The molecule has 0 bridgehead atoms. The maximum Gasteiger partial charge on any atom is 0.221 e. The fraction of sp³-hybridized carbons (Fsp3) is 0.933. The predicted molar refractivity (Wildman–Crippen MR) is 78.1 cm³/mol. The van der Waals surface area contributed by atoms with Crippen molar-refractivity contribution in [3.63, 3.8) is 0 Å². The number of nitrogens with zero attached hydrogens (tertiary/aromatic N) is 1. The van der Waals surface area contributed by atoms with Crippen molar-refractivity contribution in [2.24, 2.45) is 5.92 Å². The average molecular weight is 267 g/mol. The molecule has 110 valence electrons. The van der Waals surface area contributed by atoms with E-state index in [0.29, 0.717) is 24.4 Å². The van der Waals surface area contributed by atoms with Crippen molar-refractivity contribution >= 4 is 5.91 Å². The standard InChI is InChI=1S/C15H29N3O/c1-12(2)10-18(11-14-4-3-8-16-14)9-7-15(19)17-13-5-6-13/h12-14,16H,3-11H2,1-2H3,(H,17,19). The molecule has 1 saturated carbocycles. The average Bonchev–Trinajstić information content (AvgIpc) is 3.00. The second-order valence-electron chi connectivity index (χ2n) is 6.54. The van der Waals surface area contributed by atoms with E-state index in [2.05, 4.69) is 29.4 Å². The Morgan fingerprint density at radius 1 is 1.37 bits per heavy atom. The fourth-order valence-electron chi connectivity index (χ4n) is 2.78. The Balaban J connectivity index is 1.70. The molecule has 19 heavy (non-hydrogen) atoms. The lowest BCUT2D eigenvalue weighted by Gasteiger charge is -2.27. The van der Waals surface area contributed by atoms with Gasteiger partial charge in [-0.15, -0.1) is 0 Å². The Hall–Kier alpha value is -0.610. The molecule has 0 aromatic carbocycles. The van der Waals surface area contributed by atoms with Crippen LogP contribution in [0.2, 0.25) is 0 Å². The molecular formula is C15H29N3O. The quantitative estimate of drug-likeness (QED) is 0.698. The molecule has 2 N–H and O–H groups in total. The van der Waals surface area contributed by atoms with Crippen molar-refractivity contribution in [3.05, 3.63) is 0 Å². The summed E-state index contributed by atoms with van der Waals surface area (Å²) in [6.45, 7) is 8.74.